The first-order chi connectivity index (χ1) is 10.8. The topological polar surface area (TPSA) is 67.2 Å². The molecular weight excluding hydrogens is 290 g/mol. The van der Waals surface area contributed by atoms with E-state index in [2.05, 4.69) is 31.2 Å². The van der Waals surface area contributed by atoms with E-state index >= 15 is 0 Å². The third-order valence-electron chi connectivity index (χ3n) is 4.86. The molecule has 5 nitrogen and oxygen atoms in total. The average Bonchev–Trinajstić information content (AvgIpc) is 2.86. The van der Waals surface area contributed by atoms with E-state index in [4.69, 9.17) is 0 Å². The number of hydrogen-bond donors (Lipinski definition) is 2. The lowest BCUT2D eigenvalue weighted by Gasteiger charge is -2.38. The Morgan fingerprint density at radius 3 is 2.83 bits per heavy atom. The monoisotopic (exact) mass is 321 g/mol. The van der Waals surface area contributed by atoms with E-state index in [0.717, 1.165) is 24.8 Å². The molecule has 0 aromatic carbocycles. The van der Waals surface area contributed by atoms with Crippen molar-refractivity contribution < 1.29 is 9.90 Å². The smallest absolute Gasteiger partial charge is 0.223 e. The number of carbonyl (C=O) groups is 1. The average molecular weight is 321 g/mol. The Labute approximate surface area is 139 Å². The second-order valence-corrected chi connectivity index (χ2v) is 8.13. The molecule has 1 amide bonds. The molecule has 130 valence electrons. The Bertz CT molecular complexity index is 524. The minimum Gasteiger partial charge on any atom is -0.396 e. The minimum atomic E-state index is 0.0391. The van der Waals surface area contributed by atoms with Gasteiger partial charge in [0.1, 0.15) is 0 Å². The number of nitrogens with zero attached hydrogens (tertiary/aromatic N) is 2. The maximum atomic E-state index is 12.5. The second-order valence-electron chi connectivity index (χ2n) is 8.13. The van der Waals surface area contributed by atoms with Crippen LogP contribution < -0.4 is 5.32 Å². The van der Waals surface area contributed by atoms with Gasteiger partial charge >= 0.3 is 0 Å². The number of aromatic nitrogens is 2. The van der Waals surface area contributed by atoms with Crippen molar-refractivity contribution in [2.45, 2.75) is 46.5 Å². The molecule has 1 aliphatic carbocycles. The molecular formula is C18H31N3O2. The fourth-order valence-corrected chi connectivity index (χ4v) is 4.05. The van der Waals surface area contributed by atoms with Gasteiger partial charge in [-0.3, -0.25) is 9.48 Å². The number of amides is 1. The zero-order valence-electron chi connectivity index (χ0n) is 14.9. The van der Waals surface area contributed by atoms with E-state index in [-0.39, 0.29) is 29.8 Å². The van der Waals surface area contributed by atoms with Crippen molar-refractivity contribution >= 4 is 5.91 Å². The summed E-state index contributed by atoms with van der Waals surface area (Å²) in [5.41, 5.74) is 1.33. The fraction of sp³-hybridized carbons (Fsp3) is 0.778. The van der Waals surface area contributed by atoms with Gasteiger partial charge in [-0.2, -0.15) is 5.10 Å². The van der Waals surface area contributed by atoms with E-state index in [0.29, 0.717) is 12.5 Å². The predicted molar refractivity (Wildman–Crippen MR) is 90.8 cm³/mol. The van der Waals surface area contributed by atoms with Crippen LogP contribution in [0, 0.1) is 23.2 Å². The van der Waals surface area contributed by atoms with Gasteiger partial charge in [0.15, 0.2) is 0 Å². The van der Waals surface area contributed by atoms with Crippen LogP contribution in [-0.2, 0) is 18.3 Å². The first kappa shape index (κ1) is 18.0. The zero-order chi connectivity index (χ0) is 17.0. The van der Waals surface area contributed by atoms with Crippen molar-refractivity contribution in [3.63, 3.8) is 0 Å². The summed E-state index contributed by atoms with van der Waals surface area (Å²) in [6, 6.07) is 0. The van der Waals surface area contributed by atoms with E-state index in [1.807, 2.05) is 19.4 Å². The lowest BCUT2D eigenvalue weighted by molar-refractivity contribution is -0.128. The van der Waals surface area contributed by atoms with Gasteiger partial charge in [0.25, 0.3) is 0 Å². The maximum Gasteiger partial charge on any atom is 0.223 e. The van der Waals surface area contributed by atoms with Crippen LogP contribution in [0.5, 0.6) is 0 Å². The van der Waals surface area contributed by atoms with Crippen LogP contribution in [0.2, 0.25) is 0 Å². The van der Waals surface area contributed by atoms with Gasteiger partial charge in [-0.15, -0.1) is 0 Å². The number of rotatable bonds is 6. The molecule has 2 N–H and O–H groups in total. The number of aryl methyl sites for hydroxylation is 1. The molecule has 1 heterocycles. The Kier molecular flexibility index (Phi) is 5.84. The van der Waals surface area contributed by atoms with Crippen molar-refractivity contribution in [3.05, 3.63) is 18.0 Å². The summed E-state index contributed by atoms with van der Waals surface area (Å²) in [6.07, 6.45) is 7.62. The molecule has 0 saturated heterocycles. The lowest BCUT2D eigenvalue weighted by atomic mass is 9.68. The molecule has 1 aromatic rings. The van der Waals surface area contributed by atoms with E-state index in [9.17, 15) is 9.90 Å². The van der Waals surface area contributed by atoms with Crippen LogP contribution in [0.4, 0.5) is 0 Å². The minimum absolute atomic E-state index is 0.0391. The molecule has 1 fully saturated rings. The molecule has 0 unspecified atom stereocenters. The van der Waals surface area contributed by atoms with E-state index < -0.39 is 0 Å². The van der Waals surface area contributed by atoms with Gasteiger partial charge < -0.3 is 10.4 Å². The molecule has 3 atom stereocenters. The maximum absolute atomic E-state index is 12.5. The predicted octanol–water partition coefficient (Wildman–Crippen LogP) is 2.15. The summed E-state index contributed by atoms with van der Waals surface area (Å²) >= 11 is 0. The SMILES string of the molecule is C[C@@H]1C[C@H](C(=O)NC[C@@H](CO)Cc2cnn(C)c2)CC(C)(C)C1. The van der Waals surface area contributed by atoms with Crippen molar-refractivity contribution in [1.82, 2.24) is 15.1 Å². The van der Waals surface area contributed by atoms with Crippen LogP contribution in [-0.4, -0.2) is 33.9 Å². The summed E-state index contributed by atoms with van der Waals surface area (Å²) in [7, 11) is 1.88. The molecule has 0 bridgehead atoms. The molecule has 2 rings (SSSR count). The Balaban J connectivity index is 1.84. The van der Waals surface area contributed by atoms with Gasteiger partial charge in [0.05, 0.1) is 6.20 Å². The quantitative estimate of drug-likeness (QED) is 0.843. The van der Waals surface area contributed by atoms with Crippen LogP contribution in [0.1, 0.15) is 45.6 Å². The molecule has 0 radical (unpaired) electrons. The Morgan fingerprint density at radius 2 is 2.26 bits per heavy atom. The highest BCUT2D eigenvalue weighted by Crippen LogP contribution is 2.41. The van der Waals surface area contributed by atoms with Crippen LogP contribution >= 0.6 is 0 Å². The van der Waals surface area contributed by atoms with Crippen molar-refractivity contribution in [2.75, 3.05) is 13.2 Å². The summed E-state index contributed by atoms with van der Waals surface area (Å²) in [5.74, 6) is 0.886. The van der Waals surface area contributed by atoms with Gasteiger partial charge in [-0.05, 0) is 42.6 Å². The van der Waals surface area contributed by atoms with Crippen molar-refractivity contribution in [3.8, 4) is 0 Å². The number of aliphatic hydroxyl groups excluding tert-OH is 1. The first-order valence-corrected chi connectivity index (χ1v) is 8.65. The van der Waals surface area contributed by atoms with E-state index in [1.54, 1.807) is 4.68 Å². The first-order valence-electron chi connectivity index (χ1n) is 8.65. The Hall–Kier alpha value is -1.36. The molecule has 0 spiro atoms. The number of nitrogens with one attached hydrogen (secondary N) is 1. The van der Waals surface area contributed by atoms with Gasteiger partial charge in [-0.1, -0.05) is 20.8 Å². The Morgan fingerprint density at radius 1 is 1.52 bits per heavy atom. The number of aliphatic hydroxyl groups is 1. The highest BCUT2D eigenvalue weighted by atomic mass is 16.3. The third kappa shape index (κ3) is 5.34. The molecule has 1 aliphatic rings. The molecule has 1 aromatic heterocycles. The van der Waals surface area contributed by atoms with Gasteiger partial charge in [-0.25, -0.2) is 0 Å². The number of carbonyl (C=O) groups excluding carboxylic acids is 1. The standard InChI is InChI=1S/C18H31N3O2/c1-13-5-16(8-18(2,3)7-13)17(23)19-9-15(12-22)6-14-10-20-21(4)11-14/h10-11,13,15-16,22H,5-9,12H2,1-4H3,(H,19,23)/t13-,15+,16+/m1/s1. The van der Waals surface area contributed by atoms with Crippen LogP contribution in [0.15, 0.2) is 12.4 Å². The normalized spacial score (nSPS) is 25.1. The highest BCUT2D eigenvalue weighted by Gasteiger charge is 2.35. The van der Waals surface area contributed by atoms with E-state index in [1.165, 1.54) is 6.42 Å². The fourth-order valence-electron chi connectivity index (χ4n) is 4.05. The van der Waals surface area contributed by atoms with Crippen LogP contribution in [0.3, 0.4) is 0 Å². The summed E-state index contributed by atoms with van der Waals surface area (Å²) < 4.78 is 1.76. The summed E-state index contributed by atoms with van der Waals surface area (Å²) in [5, 5.41) is 16.8. The van der Waals surface area contributed by atoms with Crippen molar-refractivity contribution in [2.24, 2.45) is 30.2 Å². The zero-order valence-corrected chi connectivity index (χ0v) is 14.9. The highest BCUT2D eigenvalue weighted by molar-refractivity contribution is 5.78. The molecule has 23 heavy (non-hydrogen) atoms. The third-order valence-corrected chi connectivity index (χ3v) is 4.86. The summed E-state index contributed by atoms with van der Waals surface area (Å²) in [4.78, 5) is 12.5. The second kappa shape index (κ2) is 7.47. The largest absolute Gasteiger partial charge is 0.396 e. The molecule has 1 saturated carbocycles. The van der Waals surface area contributed by atoms with Crippen LogP contribution in [0.25, 0.3) is 0 Å². The number of hydrogen-bond acceptors (Lipinski definition) is 3. The van der Waals surface area contributed by atoms with Gasteiger partial charge in [0, 0.05) is 38.2 Å². The molecule has 0 aliphatic heterocycles. The summed E-state index contributed by atoms with van der Waals surface area (Å²) in [6.45, 7) is 7.33. The lowest BCUT2D eigenvalue weighted by Crippen LogP contribution is -2.40. The molecule has 5 heteroatoms. The van der Waals surface area contributed by atoms with Gasteiger partial charge in [0.2, 0.25) is 5.91 Å². The van der Waals surface area contributed by atoms with Crippen molar-refractivity contribution in [1.29, 1.82) is 0 Å².